The van der Waals surface area contributed by atoms with Crippen LogP contribution in [0.3, 0.4) is 0 Å². The average Bonchev–Trinajstić information content (AvgIpc) is 3.16. The quantitative estimate of drug-likeness (QED) is 0.247. The highest BCUT2D eigenvalue weighted by atomic mass is 19.4. The predicted molar refractivity (Wildman–Crippen MR) is 160 cm³/mol. The highest BCUT2D eigenvalue weighted by Crippen LogP contribution is 2.51. The third-order valence-corrected chi connectivity index (χ3v) is 7.44. The molecule has 0 aromatic heterocycles. The number of halogens is 3. The molecular weight excluding hydrogens is 557 g/mol. The lowest BCUT2D eigenvalue weighted by Crippen LogP contribution is -2.44. The first-order valence-electron chi connectivity index (χ1n) is 14.4. The molecule has 1 atom stereocenters. The Hall–Kier alpha value is -3.87. The van der Waals surface area contributed by atoms with Gasteiger partial charge in [0.15, 0.2) is 5.60 Å². The first kappa shape index (κ1) is 32.1. The van der Waals surface area contributed by atoms with E-state index in [4.69, 9.17) is 4.74 Å². The SMILES string of the molecule is CCN(CC)CCN1C(=O)C(O)(c2ccc3ccccc3c2)c2c1cc(C#CCCC(=O)OC(C)(C)C)cc2C(F)(F)F. The lowest BCUT2D eigenvalue weighted by Gasteiger charge is -2.26. The molecule has 228 valence electrons. The molecule has 1 unspecified atom stereocenters. The Morgan fingerprint density at radius 1 is 1.02 bits per heavy atom. The van der Waals surface area contributed by atoms with Crippen LogP contribution in [0.1, 0.15) is 69.7 Å². The Kier molecular flexibility index (Phi) is 9.24. The van der Waals surface area contributed by atoms with Crippen molar-refractivity contribution < 1.29 is 32.6 Å². The van der Waals surface area contributed by atoms with Crippen LogP contribution in [0, 0.1) is 11.8 Å². The van der Waals surface area contributed by atoms with E-state index in [1.807, 2.05) is 30.9 Å². The van der Waals surface area contributed by atoms with Crippen LogP contribution in [0.15, 0.2) is 54.6 Å². The van der Waals surface area contributed by atoms with Crippen LogP contribution in [0.4, 0.5) is 18.9 Å². The van der Waals surface area contributed by atoms with Crippen LogP contribution in [-0.2, 0) is 26.1 Å². The van der Waals surface area contributed by atoms with E-state index in [0.717, 1.165) is 11.5 Å². The van der Waals surface area contributed by atoms with Gasteiger partial charge in [0.1, 0.15) is 5.60 Å². The van der Waals surface area contributed by atoms with Crippen LogP contribution < -0.4 is 4.90 Å². The van der Waals surface area contributed by atoms with Crippen molar-refractivity contribution in [3.05, 3.63) is 76.9 Å². The summed E-state index contributed by atoms with van der Waals surface area (Å²) in [6.07, 6.45) is -4.82. The van der Waals surface area contributed by atoms with Crippen LogP contribution in [0.2, 0.25) is 0 Å². The van der Waals surface area contributed by atoms with E-state index >= 15 is 0 Å². The van der Waals surface area contributed by atoms with Crippen molar-refractivity contribution in [3.63, 3.8) is 0 Å². The summed E-state index contributed by atoms with van der Waals surface area (Å²) in [5.41, 5.74) is -4.79. The Morgan fingerprint density at radius 3 is 2.33 bits per heavy atom. The monoisotopic (exact) mass is 594 g/mol. The van der Waals surface area contributed by atoms with Gasteiger partial charge in [-0.3, -0.25) is 9.59 Å². The van der Waals surface area contributed by atoms with Gasteiger partial charge in [0.05, 0.1) is 17.7 Å². The number of hydrogen-bond acceptors (Lipinski definition) is 5. The second-order valence-electron chi connectivity index (χ2n) is 11.6. The second kappa shape index (κ2) is 12.4. The number of esters is 1. The molecule has 43 heavy (non-hydrogen) atoms. The van der Waals surface area contributed by atoms with Gasteiger partial charge in [-0.05, 0) is 68.4 Å². The average molecular weight is 595 g/mol. The lowest BCUT2D eigenvalue weighted by molar-refractivity contribution is -0.154. The van der Waals surface area contributed by atoms with Gasteiger partial charge in [-0.15, -0.1) is 0 Å². The summed E-state index contributed by atoms with van der Waals surface area (Å²) in [4.78, 5) is 29.4. The molecule has 0 bridgehead atoms. The van der Waals surface area contributed by atoms with Crippen molar-refractivity contribution in [3.8, 4) is 11.8 Å². The molecule has 0 aliphatic carbocycles. The third kappa shape index (κ3) is 6.87. The summed E-state index contributed by atoms with van der Waals surface area (Å²) >= 11 is 0. The van der Waals surface area contributed by atoms with E-state index in [9.17, 15) is 27.9 Å². The number of likely N-dealkylation sites (N-methyl/N-ethyl adjacent to an activating group) is 1. The number of fused-ring (bicyclic) bond motifs is 2. The molecule has 6 nitrogen and oxygen atoms in total. The van der Waals surface area contributed by atoms with Crippen molar-refractivity contribution >= 4 is 28.3 Å². The molecule has 3 aromatic rings. The fraction of sp³-hybridized carbons (Fsp3) is 0.412. The zero-order valence-electron chi connectivity index (χ0n) is 25.1. The molecule has 1 aliphatic heterocycles. The van der Waals surface area contributed by atoms with E-state index in [0.29, 0.717) is 25.0 Å². The Balaban J connectivity index is 1.83. The minimum Gasteiger partial charge on any atom is -0.460 e. The highest BCUT2D eigenvalue weighted by Gasteiger charge is 2.55. The van der Waals surface area contributed by atoms with Crippen LogP contribution >= 0.6 is 0 Å². The molecule has 0 radical (unpaired) electrons. The maximum Gasteiger partial charge on any atom is 0.416 e. The Labute approximate surface area is 250 Å². The van der Waals surface area contributed by atoms with Crippen LogP contribution in [-0.4, -0.2) is 53.7 Å². The van der Waals surface area contributed by atoms with Gasteiger partial charge in [0, 0.05) is 30.6 Å². The Morgan fingerprint density at radius 2 is 1.70 bits per heavy atom. The Bertz CT molecular complexity index is 1580. The maximum atomic E-state index is 14.7. The van der Waals surface area contributed by atoms with Crippen LogP contribution in [0.25, 0.3) is 10.8 Å². The summed E-state index contributed by atoms with van der Waals surface area (Å²) in [6.45, 7) is 11.0. The van der Waals surface area contributed by atoms with Crippen molar-refractivity contribution in [1.82, 2.24) is 4.90 Å². The summed E-state index contributed by atoms with van der Waals surface area (Å²) < 4.78 is 49.4. The number of hydrogen-bond donors (Lipinski definition) is 1. The van der Waals surface area contributed by atoms with Crippen LogP contribution in [0.5, 0.6) is 0 Å². The minimum atomic E-state index is -4.89. The number of nitrogens with zero attached hydrogens (tertiary/aromatic N) is 2. The fourth-order valence-corrected chi connectivity index (χ4v) is 5.33. The third-order valence-electron chi connectivity index (χ3n) is 7.44. The predicted octanol–water partition coefficient (Wildman–Crippen LogP) is 6.26. The number of carbonyl (C=O) groups is 2. The number of carbonyl (C=O) groups excluding carboxylic acids is 2. The van der Waals surface area contributed by atoms with Gasteiger partial charge >= 0.3 is 12.1 Å². The molecule has 1 N–H and O–H groups in total. The van der Waals surface area contributed by atoms with E-state index in [-0.39, 0.29) is 36.2 Å². The number of ether oxygens (including phenoxy) is 1. The van der Waals surface area contributed by atoms with Crippen molar-refractivity contribution in [2.45, 2.75) is 64.8 Å². The molecule has 3 aromatic carbocycles. The van der Waals surface area contributed by atoms with Gasteiger partial charge in [0.25, 0.3) is 5.91 Å². The topological polar surface area (TPSA) is 70.1 Å². The molecule has 0 saturated carbocycles. The number of rotatable bonds is 8. The van der Waals surface area contributed by atoms with E-state index in [1.54, 1.807) is 45.0 Å². The summed E-state index contributed by atoms with van der Waals surface area (Å²) in [7, 11) is 0. The molecule has 1 aliphatic rings. The minimum absolute atomic E-state index is 0.0163. The number of benzene rings is 3. The molecule has 0 saturated heterocycles. The summed E-state index contributed by atoms with van der Waals surface area (Å²) in [6, 6.07) is 14.3. The van der Waals surface area contributed by atoms with E-state index in [2.05, 4.69) is 11.8 Å². The summed E-state index contributed by atoms with van der Waals surface area (Å²) in [5.74, 6) is 4.19. The number of aliphatic hydroxyl groups is 1. The molecule has 4 rings (SSSR count). The standard InChI is InChI=1S/C34H37F3N2O4/c1-6-38(7-2)18-19-39-28-21-23(12-8-11-15-29(40)43-32(3,4)5)20-27(34(35,36)37)30(28)33(42,31(39)41)26-17-16-24-13-9-10-14-25(24)22-26/h9-10,13-14,16-17,20-22,42H,6-7,11,15,18-19H2,1-5H3. The largest absolute Gasteiger partial charge is 0.460 e. The molecule has 0 spiro atoms. The van der Waals surface area contributed by atoms with E-state index < -0.39 is 40.4 Å². The zero-order valence-corrected chi connectivity index (χ0v) is 25.1. The second-order valence-corrected chi connectivity index (χ2v) is 11.6. The van der Waals surface area contributed by atoms with Gasteiger partial charge in [-0.2, -0.15) is 13.2 Å². The fourth-order valence-electron chi connectivity index (χ4n) is 5.33. The molecule has 9 heteroatoms. The molecular formula is C34H37F3N2O4. The van der Waals surface area contributed by atoms with Crippen molar-refractivity contribution in [2.75, 3.05) is 31.1 Å². The maximum absolute atomic E-state index is 14.7. The highest BCUT2D eigenvalue weighted by molar-refractivity contribution is 6.10. The van der Waals surface area contributed by atoms with E-state index in [1.165, 1.54) is 17.0 Å². The number of alkyl halides is 3. The molecule has 1 amide bonds. The summed E-state index contributed by atoms with van der Waals surface area (Å²) in [5, 5.41) is 13.6. The van der Waals surface area contributed by atoms with Gasteiger partial charge in [-0.25, -0.2) is 0 Å². The van der Waals surface area contributed by atoms with Gasteiger partial charge in [-0.1, -0.05) is 62.1 Å². The lowest BCUT2D eigenvalue weighted by atomic mass is 9.83. The van der Waals surface area contributed by atoms with Gasteiger partial charge < -0.3 is 19.6 Å². The van der Waals surface area contributed by atoms with Crippen molar-refractivity contribution in [1.29, 1.82) is 0 Å². The zero-order chi connectivity index (χ0) is 31.6. The smallest absolute Gasteiger partial charge is 0.416 e. The van der Waals surface area contributed by atoms with Crippen molar-refractivity contribution in [2.24, 2.45) is 0 Å². The van der Waals surface area contributed by atoms with Gasteiger partial charge in [0.2, 0.25) is 0 Å². The normalized spacial score (nSPS) is 16.8. The first-order valence-corrected chi connectivity index (χ1v) is 14.4. The molecule has 0 fully saturated rings. The number of anilines is 1. The first-order chi connectivity index (χ1) is 20.2. The molecule has 1 heterocycles. The number of amides is 1.